The van der Waals surface area contributed by atoms with E-state index in [2.05, 4.69) is 4.98 Å². The molecule has 0 amide bonds. The molecular weight excluding hydrogens is 222 g/mol. The predicted molar refractivity (Wildman–Crippen MR) is 58.0 cm³/mol. The molecule has 0 bridgehead atoms. The Morgan fingerprint density at radius 2 is 2.06 bits per heavy atom. The average Bonchev–Trinajstić information content (AvgIpc) is 2.59. The molecule has 2 N–H and O–H groups in total. The summed E-state index contributed by atoms with van der Waals surface area (Å²) in [5, 5.41) is 9.06. The summed E-state index contributed by atoms with van der Waals surface area (Å²) in [7, 11) is 0. The van der Waals surface area contributed by atoms with E-state index in [9.17, 15) is 9.59 Å². The van der Waals surface area contributed by atoms with Gasteiger partial charge in [0.25, 0.3) is 0 Å². The molecule has 0 spiro atoms. The minimum absolute atomic E-state index is 0.167. The van der Waals surface area contributed by atoms with E-state index in [1.54, 1.807) is 6.92 Å². The molecule has 0 radical (unpaired) electrons. The number of carboxylic acids is 1. The second-order valence-corrected chi connectivity index (χ2v) is 5.13. The number of hydrogen-bond donors (Lipinski definition) is 2. The van der Waals surface area contributed by atoms with Crippen molar-refractivity contribution in [3.05, 3.63) is 22.5 Å². The van der Waals surface area contributed by atoms with Crippen LogP contribution >= 0.6 is 0 Å². The van der Waals surface area contributed by atoms with Crippen LogP contribution in [0.5, 0.6) is 0 Å². The van der Waals surface area contributed by atoms with Gasteiger partial charge in [0.05, 0.1) is 0 Å². The molecule has 0 unspecified atom stereocenters. The van der Waals surface area contributed by atoms with Crippen molar-refractivity contribution in [1.82, 2.24) is 4.98 Å². The highest BCUT2D eigenvalue weighted by atomic mass is 16.6. The zero-order valence-corrected chi connectivity index (χ0v) is 9.88. The number of ether oxygens (including phenoxy) is 1. The van der Waals surface area contributed by atoms with Gasteiger partial charge in [0, 0.05) is 12.1 Å². The lowest BCUT2D eigenvalue weighted by molar-refractivity contribution is -0.173. The third-order valence-corrected chi connectivity index (χ3v) is 4.25. The summed E-state index contributed by atoms with van der Waals surface area (Å²) in [6, 6.07) is 0. The molecule has 1 aliphatic carbocycles. The Morgan fingerprint density at radius 3 is 2.41 bits per heavy atom. The number of aromatic amines is 1. The number of esters is 1. The van der Waals surface area contributed by atoms with Gasteiger partial charge in [-0.2, -0.15) is 0 Å². The number of carbonyl (C=O) groups excluding carboxylic acids is 1. The number of aromatic nitrogens is 1. The Labute approximate surface area is 97.8 Å². The fourth-order valence-electron chi connectivity index (χ4n) is 2.90. The normalized spacial score (nSPS) is 33.7. The van der Waals surface area contributed by atoms with Gasteiger partial charge in [0.2, 0.25) is 0 Å². The maximum atomic E-state index is 11.7. The molecule has 1 aromatic heterocycles. The molecule has 1 aromatic rings. The zero-order valence-electron chi connectivity index (χ0n) is 9.88. The van der Waals surface area contributed by atoms with Gasteiger partial charge in [-0.15, -0.1) is 0 Å². The number of H-pyrrole nitrogens is 1. The van der Waals surface area contributed by atoms with Crippen LogP contribution in [0.3, 0.4) is 0 Å². The van der Waals surface area contributed by atoms with Crippen LogP contribution in [0.1, 0.15) is 40.7 Å². The van der Waals surface area contributed by atoms with Gasteiger partial charge >= 0.3 is 11.9 Å². The van der Waals surface area contributed by atoms with Crippen molar-refractivity contribution < 1.29 is 19.4 Å². The van der Waals surface area contributed by atoms with Crippen molar-refractivity contribution in [2.45, 2.75) is 38.2 Å². The highest BCUT2D eigenvalue weighted by Crippen LogP contribution is 2.68. The lowest BCUT2D eigenvalue weighted by Gasteiger charge is -2.31. The third-order valence-electron chi connectivity index (χ3n) is 4.25. The van der Waals surface area contributed by atoms with Crippen LogP contribution in [0.15, 0.2) is 0 Å². The quantitative estimate of drug-likeness (QED) is 0.757. The number of fused-ring (bicyclic) bond motifs is 1. The molecule has 2 aliphatic rings. The molecule has 17 heavy (non-hydrogen) atoms. The molecular formula is C12H13NO4. The van der Waals surface area contributed by atoms with E-state index >= 15 is 0 Å². The molecule has 0 aromatic carbocycles. The number of aromatic carboxylic acids is 1. The monoisotopic (exact) mass is 235 g/mol. The Morgan fingerprint density at radius 1 is 1.41 bits per heavy atom. The van der Waals surface area contributed by atoms with E-state index in [-0.39, 0.29) is 11.7 Å². The van der Waals surface area contributed by atoms with Crippen molar-refractivity contribution in [2.24, 2.45) is 0 Å². The summed E-state index contributed by atoms with van der Waals surface area (Å²) in [6.45, 7) is 5.47. The number of rotatable bonds is 2. The van der Waals surface area contributed by atoms with Crippen molar-refractivity contribution in [3.63, 3.8) is 0 Å². The second kappa shape index (κ2) is 2.55. The molecule has 5 nitrogen and oxygen atoms in total. The summed E-state index contributed by atoms with van der Waals surface area (Å²) >= 11 is 0. The van der Waals surface area contributed by atoms with Crippen molar-refractivity contribution >= 4 is 11.9 Å². The van der Waals surface area contributed by atoms with Gasteiger partial charge in [-0.25, -0.2) is 4.79 Å². The minimum Gasteiger partial charge on any atom is -0.477 e. The SMILES string of the molecule is Cc1c(C(=O)O)[nH]c([C@@]23C[C@]2(C)OC3=O)c1C. The molecule has 5 heteroatoms. The third kappa shape index (κ3) is 0.913. The average molecular weight is 235 g/mol. The number of carbonyl (C=O) groups is 2. The van der Waals surface area contributed by atoms with Gasteiger partial charge in [-0.05, 0) is 31.9 Å². The Bertz CT molecular complexity index is 573. The van der Waals surface area contributed by atoms with Crippen molar-refractivity contribution in [2.75, 3.05) is 0 Å². The number of nitrogens with one attached hydrogen (secondary N) is 1. The summed E-state index contributed by atoms with van der Waals surface area (Å²) in [5.41, 5.74) is 1.38. The zero-order chi connectivity index (χ0) is 12.6. The smallest absolute Gasteiger partial charge is 0.352 e. The fraction of sp³-hybridized carbons (Fsp3) is 0.500. The molecule has 1 aliphatic heterocycles. The van der Waals surface area contributed by atoms with E-state index in [0.717, 1.165) is 5.56 Å². The Hall–Kier alpha value is -1.78. The number of hydrogen-bond acceptors (Lipinski definition) is 3. The molecule has 2 atom stereocenters. The predicted octanol–water partition coefficient (Wildman–Crippen LogP) is 1.29. The van der Waals surface area contributed by atoms with Crippen LogP contribution in [0.2, 0.25) is 0 Å². The topological polar surface area (TPSA) is 79.4 Å². The van der Waals surface area contributed by atoms with E-state index < -0.39 is 17.0 Å². The Kier molecular flexibility index (Phi) is 1.56. The van der Waals surface area contributed by atoms with Gasteiger partial charge in [-0.1, -0.05) is 0 Å². The molecule has 90 valence electrons. The maximum absolute atomic E-state index is 11.7. The minimum atomic E-state index is -0.997. The molecule has 2 heterocycles. The first-order valence-corrected chi connectivity index (χ1v) is 5.50. The molecule has 1 saturated carbocycles. The second-order valence-electron chi connectivity index (χ2n) is 5.13. The van der Waals surface area contributed by atoms with Gasteiger partial charge in [0.15, 0.2) is 5.41 Å². The van der Waals surface area contributed by atoms with Crippen molar-refractivity contribution in [1.29, 1.82) is 0 Å². The number of carboxylic acid groups (broad SMARTS) is 1. The first-order chi connectivity index (χ1) is 7.83. The van der Waals surface area contributed by atoms with E-state index in [4.69, 9.17) is 9.84 Å². The van der Waals surface area contributed by atoms with Crippen LogP contribution in [0.25, 0.3) is 0 Å². The summed E-state index contributed by atoms with van der Waals surface area (Å²) in [5.74, 6) is -1.25. The van der Waals surface area contributed by atoms with Crippen LogP contribution in [-0.4, -0.2) is 27.6 Å². The van der Waals surface area contributed by atoms with Gasteiger partial charge in [-0.3, -0.25) is 4.79 Å². The van der Waals surface area contributed by atoms with Crippen LogP contribution < -0.4 is 0 Å². The molecule has 3 rings (SSSR count). The highest BCUT2D eigenvalue weighted by Gasteiger charge is 2.83. The fourth-order valence-corrected chi connectivity index (χ4v) is 2.90. The highest BCUT2D eigenvalue weighted by molar-refractivity contribution is 5.98. The summed E-state index contributed by atoms with van der Waals surface area (Å²) in [6.07, 6.45) is 0.638. The van der Waals surface area contributed by atoms with Gasteiger partial charge < -0.3 is 14.8 Å². The first-order valence-electron chi connectivity index (χ1n) is 5.50. The summed E-state index contributed by atoms with van der Waals surface area (Å²) in [4.78, 5) is 25.6. The first kappa shape index (κ1) is 10.4. The Balaban J connectivity index is 2.15. The van der Waals surface area contributed by atoms with E-state index in [1.165, 1.54) is 0 Å². The van der Waals surface area contributed by atoms with Crippen LogP contribution in [0.4, 0.5) is 0 Å². The van der Waals surface area contributed by atoms with Crippen LogP contribution in [-0.2, 0) is 14.9 Å². The molecule has 1 saturated heterocycles. The lowest BCUT2D eigenvalue weighted by Crippen LogP contribution is -2.46. The van der Waals surface area contributed by atoms with Crippen LogP contribution in [0, 0.1) is 13.8 Å². The lowest BCUT2D eigenvalue weighted by atomic mass is 9.90. The van der Waals surface area contributed by atoms with Crippen molar-refractivity contribution in [3.8, 4) is 0 Å². The largest absolute Gasteiger partial charge is 0.477 e. The standard InChI is InChI=1S/C12H13NO4/c1-5-6(2)8(13-7(5)9(14)15)12-4-11(12,3)17-10(12)16/h13H,4H2,1-3H3,(H,14,15)/t11-,12+/m0/s1. The van der Waals surface area contributed by atoms with E-state index in [1.807, 2.05) is 13.8 Å². The molecule has 2 fully saturated rings. The van der Waals surface area contributed by atoms with E-state index in [0.29, 0.717) is 17.7 Å². The van der Waals surface area contributed by atoms with Gasteiger partial charge in [0.1, 0.15) is 11.3 Å². The summed E-state index contributed by atoms with van der Waals surface area (Å²) < 4.78 is 5.12. The maximum Gasteiger partial charge on any atom is 0.352 e.